The molecule has 0 fully saturated rings. The quantitative estimate of drug-likeness (QED) is 0.175. The van der Waals surface area contributed by atoms with Gasteiger partial charge in [-0.3, -0.25) is 0 Å². The van der Waals surface area contributed by atoms with Crippen LogP contribution in [-0.4, -0.2) is 0 Å². The Balaban J connectivity index is 1.03. The van der Waals surface area contributed by atoms with Gasteiger partial charge in [-0.1, -0.05) is 103 Å². The molecule has 0 aliphatic rings. The molecule has 10 rings (SSSR count). The van der Waals surface area contributed by atoms with Crippen LogP contribution in [-0.2, 0) is 0 Å². The van der Waals surface area contributed by atoms with Crippen molar-refractivity contribution in [1.29, 1.82) is 0 Å². The Morgan fingerprint density at radius 2 is 0.843 bits per heavy atom. The minimum atomic E-state index is 0.900. The number of hydrogen-bond acceptors (Lipinski definition) is 3. The van der Waals surface area contributed by atoms with Crippen molar-refractivity contribution in [3.8, 4) is 33.4 Å². The third kappa shape index (κ3) is 5.27. The average molecular weight is 670 g/mol. The van der Waals surface area contributed by atoms with Crippen LogP contribution in [0.3, 0.4) is 0 Å². The maximum absolute atomic E-state index is 6.46. The summed E-state index contributed by atoms with van der Waals surface area (Å²) in [6, 6.07) is 67.3. The van der Waals surface area contributed by atoms with E-state index in [1.165, 1.54) is 48.0 Å². The summed E-state index contributed by atoms with van der Waals surface area (Å²) in [4.78, 5) is 2.33. The van der Waals surface area contributed by atoms with Crippen molar-refractivity contribution in [2.24, 2.45) is 0 Å². The molecule has 2 aromatic heterocycles. The summed E-state index contributed by atoms with van der Waals surface area (Å²) < 4.78 is 9.03. The summed E-state index contributed by atoms with van der Waals surface area (Å²) in [7, 11) is 0. The number of furan rings is 1. The van der Waals surface area contributed by atoms with Gasteiger partial charge in [-0.2, -0.15) is 0 Å². The van der Waals surface area contributed by atoms with Crippen molar-refractivity contribution in [3.05, 3.63) is 188 Å². The zero-order chi connectivity index (χ0) is 33.7. The summed E-state index contributed by atoms with van der Waals surface area (Å²) in [5, 5.41) is 4.79. The van der Waals surface area contributed by atoms with Crippen LogP contribution in [0.4, 0.5) is 17.1 Å². The number of anilines is 3. The van der Waals surface area contributed by atoms with Crippen LogP contribution in [0.25, 0.3) is 75.5 Å². The maximum Gasteiger partial charge on any atom is 0.136 e. The molecule has 8 aromatic carbocycles. The Kier molecular flexibility index (Phi) is 7.04. The zero-order valence-electron chi connectivity index (χ0n) is 27.7. The first-order chi connectivity index (χ1) is 25.2. The van der Waals surface area contributed by atoms with Gasteiger partial charge in [0.2, 0.25) is 0 Å². The highest BCUT2D eigenvalue weighted by molar-refractivity contribution is 7.25. The van der Waals surface area contributed by atoms with Crippen molar-refractivity contribution < 1.29 is 4.42 Å². The SMILES string of the molecule is c1ccc(-c2cccc(-c3ccc4oc5cc(-c6ccc7sc8ccc(N(c9ccccc9)c9ccccc9)cc8c7c6)ccc5c4c3)c2)cc1. The van der Waals surface area contributed by atoms with Crippen molar-refractivity contribution >= 4 is 70.5 Å². The van der Waals surface area contributed by atoms with Gasteiger partial charge in [-0.15, -0.1) is 11.3 Å². The highest BCUT2D eigenvalue weighted by Crippen LogP contribution is 2.42. The van der Waals surface area contributed by atoms with E-state index in [1.807, 2.05) is 11.3 Å². The third-order valence-corrected chi connectivity index (χ3v) is 11.0. The molecule has 0 aliphatic carbocycles. The summed E-state index contributed by atoms with van der Waals surface area (Å²) in [5.74, 6) is 0. The van der Waals surface area contributed by atoms with Crippen LogP contribution in [0, 0.1) is 0 Å². The number of rotatable bonds is 6. The first kappa shape index (κ1) is 29.5. The minimum Gasteiger partial charge on any atom is -0.456 e. The Morgan fingerprint density at radius 1 is 0.314 bits per heavy atom. The van der Waals surface area contributed by atoms with E-state index in [4.69, 9.17) is 4.42 Å². The van der Waals surface area contributed by atoms with Gasteiger partial charge < -0.3 is 9.32 Å². The fourth-order valence-corrected chi connectivity index (χ4v) is 8.40. The number of para-hydroxylation sites is 2. The summed E-state index contributed by atoms with van der Waals surface area (Å²) in [5.41, 5.74) is 12.3. The molecule has 0 aliphatic heterocycles. The fraction of sp³-hybridized carbons (Fsp3) is 0. The molecule has 3 heteroatoms. The van der Waals surface area contributed by atoms with Gasteiger partial charge in [-0.25, -0.2) is 0 Å². The Morgan fingerprint density at radius 3 is 1.57 bits per heavy atom. The highest BCUT2D eigenvalue weighted by atomic mass is 32.1. The van der Waals surface area contributed by atoms with Crippen LogP contribution < -0.4 is 4.90 Å². The van der Waals surface area contributed by atoms with E-state index in [2.05, 4.69) is 193 Å². The lowest BCUT2D eigenvalue weighted by atomic mass is 9.97. The Bertz CT molecular complexity index is 2810. The van der Waals surface area contributed by atoms with E-state index in [9.17, 15) is 0 Å². The Hall–Kier alpha value is -6.42. The second kappa shape index (κ2) is 12.2. The normalized spacial score (nSPS) is 11.5. The van der Waals surface area contributed by atoms with Crippen LogP contribution >= 0.6 is 11.3 Å². The van der Waals surface area contributed by atoms with Gasteiger partial charge in [0.25, 0.3) is 0 Å². The van der Waals surface area contributed by atoms with Crippen molar-refractivity contribution in [2.45, 2.75) is 0 Å². The molecule has 0 bridgehead atoms. The van der Waals surface area contributed by atoms with E-state index in [0.29, 0.717) is 0 Å². The maximum atomic E-state index is 6.46. The van der Waals surface area contributed by atoms with Crippen LogP contribution in [0.1, 0.15) is 0 Å². The lowest BCUT2D eigenvalue weighted by Crippen LogP contribution is -2.09. The topological polar surface area (TPSA) is 16.4 Å². The number of nitrogens with zero attached hydrogens (tertiary/aromatic N) is 1. The fourth-order valence-electron chi connectivity index (χ4n) is 7.33. The average Bonchev–Trinajstić information content (AvgIpc) is 3.76. The number of thiophene rings is 1. The lowest BCUT2D eigenvalue weighted by Gasteiger charge is -2.25. The summed E-state index contributed by atoms with van der Waals surface area (Å²) in [6.45, 7) is 0. The second-order valence-corrected chi connectivity index (χ2v) is 14.1. The van der Waals surface area contributed by atoms with E-state index in [1.54, 1.807) is 0 Å². The van der Waals surface area contributed by atoms with Gasteiger partial charge in [0.1, 0.15) is 11.2 Å². The van der Waals surface area contributed by atoms with Gasteiger partial charge >= 0.3 is 0 Å². The molecule has 0 saturated carbocycles. The molecule has 0 atom stereocenters. The number of fused-ring (bicyclic) bond motifs is 6. The van der Waals surface area contributed by atoms with Crippen molar-refractivity contribution in [1.82, 2.24) is 0 Å². The first-order valence-electron chi connectivity index (χ1n) is 17.2. The molecule has 10 aromatic rings. The van der Waals surface area contributed by atoms with E-state index >= 15 is 0 Å². The monoisotopic (exact) mass is 669 g/mol. The summed E-state index contributed by atoms with van der Waals surface area (Å²) in [6.07, 6.45) is 0. The Labute approximate surface area is 300 Å². The van der Waals surface area contributed by atoms with Gasteiger partial charge in [0.05, 0.1) is 0 Å². The molecule has 0 saturated heterocycles. The van der Waals surface area contributed by atoms with Crippen LogP contribution in [0.5, 0.6) is 0 Å². The van der Waals surface area contributed by atoms with Gasteiger partial charge in [-0.05, 0) is 118 Å². The molecule has 0 N–H and O–H groups in total. The smallest absolute Gasteiger partial charge is 0.136 e. The van der Waals surface area contributed by atoms with Crippen LogP contribution in [0.15, 0.2) is 192 Å². The standard InChI is InChI=1S/C48H31NOS/c1-4-11-32(12-5-1)33-13-10-14-34(27-33)35-20-24-45-42(28-35)41-23-19-37(30-46(41)50-45)36-21-25-47-43(29-36)44-31-40(22-26-48(44)51-47)49(38-15-6-2-7-16-38)39-17-8-3-9-18-39/h1-31H. The molecule has 0 spiro atoms. The summed E-state index contributed by atoms with van der Waals surface area (Å²) >= 11 is 1.85. The van der Waals surface area contributed by atoms with Crippen LogP contribution in [0.2, 0.25) is 0 Å². The molecule has 51 heavy (non-hydrogen) atoms. The van der Waals surface area contributed by atoms with E-state index in [0.717, 1.165) is 44.6 Å². The molecule has 0 amide bonds. The number of benzene rings is 8. The van der Waals surface area contributed by atoms with E-state index < -0.39 is 0 Å². The molecule has 2 heterocycles. The number of hydrogen-bond donors (Lipinski definition) is 0. The van der Waals surface area contributed by atoms with Gasteiger partial charge in [0.15, 0.2) is 0 Å². The van der Waals surface area contributed by atoms with Gasteiger partial charge in [0, 0.05) is 48.0 Å². The predicted molar refractivity (Wildman–Crippen MR) is 218 cm³/mol. The molecule has 0 unspecified atom stereocenters. The molecular weight excluding hydrogens is 639 g/mol. The highest BCUT2D eigenvalue weighted by Gasteiger charge is 2.16. The van der Waals surface area contributed by atoms with Crippen molar-refractivity contribution in [2.75, 3.05) is 4.90 Å². The molecule has 240 valence electrons. The molecule has 2 nitrogen and oxygen atoms in total. The first-order valence-corrected chi connectivity index (χ1v) is 18.1. The third-order valence-electron chi connectivity index (χ3n) is 9.85. The molecule has 0 radical (unpaired) electrons. The zero-order valence-corrected chi connectivity index (χ0v) is 28.5. The predicted octanol–water partition coefficient (Wildman–Crippen LogP) is 14.4. The molecular formula is C48H31NOS. The largest absolute Gasteiger partial charge is 0.456 e. The van der Waals surface area contributed by atoms with Crippen molar-refractivity contribution in [3.63, 3.8) is 0 Å². The lowest BCUT2D eigenvalue weighted by molar-refractivity contribution is 0.669. The minimum absolute atomic E-state index is 0.900. The second-order valence-electron chi connectivity index (χ2n) is 13.0. The van der Waals surface area contributed by atoms with E-state index in [-0.39, 0.29) is 0 Å².